The zero-order valence-electron chi connectivity index (χ0n) is 10.5. The van der Waals surface area contributed by atoms with E-state index in [4.69, 9.17) is 0 Å². The van der Waals surface area contributed by atoms with Crippen LogP contribution in [0.3, 0.4) is 0 Å². The van der Waals surface area contributed by atoms with Crippen molar-refractivity contribution < 1.29 is 10.0 Å². The van der Waals surface area contributed by atoms with E-state index in [1.807, 2.05) is 0 Å². The first-order valence-electron chi connectivity index (χ1n) is 6.13. The van der Waals surface area contributed by atoms with Gasteiger partial charge in [0.05, 0.1) is 12.7 Å². The van der Waals surface area contributed by atoms with Gasteiger partial charge >= 0.3 is 7.12 Å². The Morgan fingerprint density at radius 1 is 1.15 bits per heavy atom. The van der Waals surface area contributed by atoms with Crippen molar-refractivity contribution in [2.75, 3.05) is 0 Å². The monoisotopic (exact) mass is 269 g/mol. The van der Waals surface area contributed by atoms with Crippen molar-refractivity contribution in [3.05, 3.63) is 64.8 Å². The van der Waals surface area contributed by atoms with Gasteiger partial charge in [-0.1, -0.05) is 24.3 Å². The molecule has 0 saturated heterocycles. The highest BCUT2D eigenvalue weighted by molar-refractivity contribution is 6.59. The van der Waals surface area contributed by atoms with Gasteiger partial charge in [-0.25, -0.2) is 4.52 Å². The molecule has 0 aliphatic carbocycles. The maximum absolute atomic E-state index is 12.3. The van der Waals surface area contributed by atoms with Crippen LogP contribution in [0.1, 0.15) is 5.56 Å². The maximum atomic E-state index is 12.3. The van der Waals surface area contributed by atoms with E-state index in [2.05, 4.69) is 5.10 Å². The van der Waals surface area contributed by atoms with Crippen LogP contribution in [-0.2, 0) is 6.54 Å². The molecule has 0 bridgehead atoms. The van der Waals surface area contributed by atoms with Crippen LogP contribution >= 0.6 is 0 Å². The number of benzene rings is 1. The summed E-state index contributed by atoms with van der Waals surface area (Å²) in [6.07, 6.45) is 4.88. The molecule has 0 aliphatic rings. The van der Waals surface area contributed by atoms with Crippen molar-refractivity contribution in [1.82, 2.24) is 14.2 Å². The topological polar surface area (TPSA) is 79.8 Å². The van der Waals surface area contributed by atoms with Crippen molar-refractivity contribution >= 4 is 18.1 Å². The van der Waals surface area contributed by atoms with Crippen LogP contribution in [0.25, 0.3) is 5.52 Å². The quantitative estimate of drug-likeness (QED) is 0.611. The summed E-state index contributed by atoms with van der Waals surface area (Å²) in [5, 5.41) is 22.7. The fourth-order valence-corrected chi connectivity index (χ4v) is 2.20. The van der Waals surface area contributed by atoms with Crippen molar-refractivity contribution in [3.8, 4) is 0 Å². The minimum Gasteiger partial charge on any atom is -0.423 e. The molecule has 100 valence electrons. The lowest BCUT2D eigenvalue weighted by Gasteiger charge is -2.10. The molecule has 0 radical (unpaired) electrons. The predicted molar refractivity (Wildman–Crippen MR) is 74.8 cm³/mol. The Kier molecular flexibility index (Phi) is 3.13. The van der Waals surface area contributed by atoms with E-state index in [-0.39, 0.29) is 12.1 Å². The highest BCUT2D eigenvalue weighted by atomic mass is 16.4. The normalized spacial score (nSPS) is 10.9. The van der Waals surface area contributed by atoms with E-state index in [0.717, 1.165) is 0 Å². The standard InChI is InChI=1S/C13H12BN3O3/c18-13-12-5-6-15-17(12)8-7-16(13)9-10-3-1-2-4-11(10)14(19)20/h1-8,19-20H,9H2. The molecular formula is C13H12BN3O3. The predicted octanol–water partition coefficient (Wildman–Crippen LogP) is -0.776. The van der Waals surface area contributed by atoms with Gasteiger partial charge in [-0.05, 0) is 17.1 Å². The molecule has 0 saturated carbocycles. The third-order valence-corrected chi connectivity index (χ3v) is 3.21. The molecule has 7 heteroatoms. The van der Waals surface area contributed by atoms with Gasteiger partial charge in [0.1, 0.15) is 5.52 Å². The van der Waals surface area contributed by atoms with Gasteiger partial charge in [0, 0.05) is 12.4 Å². The van der Waals surface area contributed by atoms with Crippen molar-refractivity contribution in [2.24, 2.45) is 0 Å². The molecule has 0 amide bonds. The molecule has 3 rings (SSSR count). The highest BCUT2D eigenvalue weighted by Gasteiger charge is 2.15. The molecule has 0 unspecified atom stereocenters. The van der Waals surface area contributed by atoms with E-state index in [9.17, 15) is 14.8 Å². The van der Waals surface area contributed by atoms with Crippen molar-refractivity contribution in [3.63, 3.8) is 0 Å². The molecule has 2 aromatic heterocycles. The van der Waals surface area contributed by atoms with E-state index >= 15 is 0 Å². The van der Waals surface area contributed by atoms with E-state index in [0.29, 0.717) is 16.5 Å². The van der Waals surface area contributed by atoms with Gasteiger partial charge in [-0.3, -0.25) is 4.79 Å². The summed E-state index contributed by atoms with van der Waals surface area (Å²) in [6, 6.07) is 8.56. The van der Waals surface area contributed by atoms with Gasteiger partial charge in [-0.15, -0.1) is 0 Å². The summed E-state index contributed by atoms with van der Waals surface area (Å²) in [6.45, 7) is 0.272. The zero-order chi connectivity index (χ0) is 14.1. The van der Waals surface area contributed by atoms with Gasteiger partial charge < -0.3 is 14.6 Å². The van der Waals surface area contributed by atoms with Crippen LogP contribution in [0.5, 0.6) is 0 Å². The zero-order valence-corrected chi connectivity index (χ0v) is 10.5. The lowest BCUT2D eigenvalue weighted by molar-refractivity contribution is 0.425. The van der Waals surface area contributed by atoms with Crippen molar-refractivity contribution in [1.29, 1.82) is 0 Å². The number of hydrogen-bond acceptors (Lipinski definition) is 4. The summed E-state index contributed by atoms with van der Waals surface area (Å²) < 4.78 is 3.02. The van der Waals surface area contributed by atoms with Crippen LogP contribution in [0.2, 0.25) is 0 Å². The fourth-order valence-electron chi connectivity index (χ4n) is 2.20. The van der Waals surface area contributed by atoms with Gasteiger partial charge in [0.15, 0.2) is 0 Å². The molecule has 20 heavy (non-hydrogen) atoms. The summed E-state index contributed by atoms with van der Waals surface area (Å²) in [4.78, 5) is 12.3. The second-order valence-corrected chi connectivity index (χ2v) is 4.46. The smallest absolute Gasteiger partial charge is 0.423 e. The second-order valence-electron chi connectivity index (χ2n) is 4.46. The first kappa shape index (κ1) is 12.6. The molecule has 0 atom stereocenters. The minimum atomic E-state index is -1.55. The van der Waals surface area contributed by atoms with Gasteiger partial charge in [-0.2, -0.15) is 5.10 Å². The van der Waals surface area contributed by atoms with E-state index in [1.54, 1.807) is 48.9 Å². The maximum Gasteiger partial charge on any atom is 0.488 e. The molecule has 0 fully saturated rings. The molecule has 1 aromatic carbocycles. The second kappa shape index (κ2) is 4.95. The Hall–Kier alpha value is -2.38. The molecule has 3 aromatic rings. The first-order valence-corrected chi connectivity index (χ1v) is 6.13. The lowest BCUT2D eigenvalue weighted by atomic mass is 9.77. The lowest BCUT2D eigenvalue weighted by Crippen LogP contribution is -2.34. The summed E-state index contributed by atoms with van der Waals surface area (Å²) in [5.74, 6) is 0. The minimum absolute atomic E-state index is 0.174. The van der Waals surface area contributed by atoms with Crippen molar-refractivity contribution in [2.45, 2.75) is 6.54 Å². The molecular weight excluding hydrogens is 257 g/mol. The Balaban J connectivity index is 2.06. The van der Waals surface area contributed by atoms with Crippen LogP contribution in [0.4, 0.5) is 0 Å². The number of nitrogens with zero attached hydrogens (tertiary/aromatic N) is 3. The average Bonchev–Trinajstić information content (AvgIpc) is 2.91. The third-order valence-electron chi connectivity index (χ3n) is 3.21. The summed E-state index contributed by atoms with van der Waals surface area (Å²) >= 11 is 0. The Morgan fingerprint density at radius 3 is 2.75 bits per heavy atom. The molecule has 6 nitrogen and oxygen atoms in total. The van der Waals surface area contributed by atoms with Crippen LogP contribution < -0.4 is 11.0 Å². The summed E-state index contributed by atoms with van der Waals surface area (Å²) in [7, 11) is -1.55. The number of fused-ring (bicyclic) bond motifs is 1. The SMILES string of the molecule is O=c1c2ccnn2ccn1Cc1ccccc1B(O)O. The summed E-state index contributed by atoms with van der Waals surface area (Å²) in [5.41, 5.74) is 1.39. The number of hydrogen-bond donors (Lipinski definition) is 2. The average molecular weight is 269 g/mol. The largest absolute Gasteiger partial charge is 0.488 e. The Morgan fingerprint density at radius 2 is 1.95 bits per heavy atom. The molecule has 2 heterocycles. The van der Waals surface area contributed by atoms with Crippen LogP contribution in [-0.4, -0.2) is 31.3 Å². The van der Waals surface area contributed by atoms with Gasteiger partial charge in [0.25, 0.3) is 5.56 Å². The Labute approximate surface area is 114 Å². The van der Waals surface area contributed by atoms with E-state index in [1.165, 1.54) is 9.08 Å². The molecule has 2 N–H and O–H groups in total. The van der Waals surface area contributed by atoms with E-state index < -0.39 is 7.12 Å². The van der Waals surface area contributed by atoms with Crippen LogP contribution in [0.15, 0.2) is 53.7 Å². The fraction of sp³-hybridized carbons (Fsp3) is 0.0769. The molecule has 0 aliphatic heterocycles. The third kappa shape index (κ3) is 2.13. The first-order chi connectivity index (χ1) is 9.66. The highest BCUT2D eigenvalue weighted by Crippen LogP contribution is 2.01. The number of aromatic nitrogens is 3. The molecule has 0 spiro atoms. The number of rotatable bonds is 3. The Bertz CT molecular complexity index is 810. The van der Waals surface area contributed by atoms with Gasteiger partial charge in [0.2, 0.25) is 0 Å². The van der Waals surface area contributed by atoms with Crippen LogP contribution in [0, 0.1) is 0 Å².